The summed E-state index contributed by atoms with van der Waals surface area (Å²) in [6, 6.07) is 0. The van der Waals surface area contributed by atoms with Gasteiger partial charge in [-0.25, -0.2) is 11.6 Å². The second-order valence-electron chi connectivity index (χ2n) is 1.89. The van der Waals surface area contributed by atoms with Gasteiger partial charge in [-0.15, -0.1) is 6.42 Å². The van der Waals surface area contributed by atoms with E-state index in [2.05, 4.69) is 25.2 Å². The van der Waals surface area contributed by atoms with Crippen molar-refractivity contribution in [2.24, 2.45) is 0 Å². The van der Waals surface area contributed by atoms with Gasteiger partial charge in [-0.3, -0.25) is 6.08 Å². The summed E-state index contributed by atoms with van der Waals surface area (Å²) in [6.45, 7) is 2.15. The van der Waals surface area contributed by atoms with Crippen LogP contribution >= 0.6 is 0 Å². The molecular formula is C10H12FeO2-2. The zero-order chi connectivity index (χ0) is 9.23. The molecular weight excluding hydrogens is 208 g/mol. The van der Waals surface area contributed by atoms with Crippen LogP contribution in [0.5, 0.6) is 0 Å². The third-order valence-electron chi connectivity index (χ3n) is 1.22. The fourth-order valence-electron chi connectivity index (χ4n) is 0.708. The van der Waals surface area contributed by atoms with Gasteiger partial charge in [0.1, 0.15) is 0 Å². The van der Waals surface area contributed by atoms with Gasteiger partial charge in [0.25, 0.3) is 0 Å². The first-order valence-corrected chi connectivity index (χ1v) is 4.56. The van der Waals surface area contributed by atoms with Crippen molar-refractivity contribution in [3.05, 3.63) is 31.2 Å². The summed E-state index contributed by atoms with van der Waals surface area (Å²) >= 11 is -0.222. The summed E-state index contributed by atoms with van der Waals surface area (Å²) in [5.41, 5.74) is 1.36. The normalized spacial score (nSPS) is 11.3. The molecule has 0 atom stereocenters. The summed E-state index contributed by atoms with van der Waals surface area (Å²) in [5.74, 6) is 0. The summed E-state index contributed by atoms with van der Waals surface area (Å²) in [7, 11) is 0. The van der Waals surface area contributed by atoms with Gasteiger partial charge in [0.15, 0.2) is 0 Å². The summed E-state index contributed by atoms with van der Waals surface area (Å²) in [5, 5.41) is 0. The zero-order valence-electron chi connectivity index (χ0n) is 7.74. The molecule has 0 fully saturated rings. The molecule has 13 heavy (non-hydrogen) atoms. The van der Waals surface area contributed by atoms with Crippen molar-refractivity contribution in [3.63, 3.8) is 0 Å². The van der Waals surface area contributed by atoms with Crippen LogP contribution in [0.1, 0.15) is 19.8 Å². The minimum absolute atomic E-state index is 0. The van der Waals surface area contributed by atoms with Gasteiger partial charge < -0.3 is 7.43 Å². The largest absolute Gasteiger partial charge is 0.358 e. The average Bonchev–Trinajstić information content (AvgIpc) is 2.58. The quantitative estimate of drug-likeness (QED) is 0.498. The smallest absolute Gasteiger partial charge is 0.358 e. The van der Waals surface area contributed by atoms with Crippen molar-refractivity contribution in [1.82, 2.24) is 0 Å². The van der Waals surface area contributed by atoms with Crippen LogP contribution in [0.25, 0.3) is 0 Å². The van der Waals surface area contributed by atoms with Crippen LogP contribution in [0.4, 0.5) is 0 Å². The summed E-state index contributed by atoms with van der Waals surface area (Å²) < 4.78 is 0. The van der Waals surface area contributed by atoms with E-state index in [0.717, 1.165) is 12.8 Å². The van der Waals surface area contributed by atoms with Gasteiger partial charge in [-0.2, -0.15) is 6.08 Å². The zero-order valence-corrected chi connectivity index (χ0v) is 8.84. The molecule has 0 spiro atoms. The van der Waals surface area contributed by atoms with Gasteiger partial charge in [-0.1, -0.05) is 13.3 Å². The monoisotopic (exact) mass is 220 g/mol. The molecule has 0 bridgehead atoms. The van der Waals surface area contributed by atoms with Crippen LogP contribution in [0.2, 0.25) is 0 Å². The van der Waals surface area contributed by atoms with Crippen molar-refractivity contribution >= 4 is 9.57 Å². The Morgan fingerprint density at radius 1 is 1.54 bits per heavy atom. The molecule has 74 valence electrons. The Hall–Kier alpha value is -0.841. The average molecular weight is 220 g/mol. The van der Waals surface area contributed by atoms with Crippen LogP contribution in [0.3, 0.4) is 0 Å². The fourth-order valence-corrected chi connectivity index (χ4v) is 0.754. The van der Waals surface area contributed by atoms with Crippen LogP contribution in [-0.4, -0.2) is 9.57 Å². The molecule has 0 unspecified atom stereocenters. The first kappa shape index (κ1) is 14.7. The van der Waals surface area contributed by atoms with Crippen molar-refractivity contribution in [2.45, 2.75) is 19.8 Å². The Kier molecular flexibility index (Phi) is 12.6. The summed E-state index contributed by atoms with van der Waals surface area (Å²) in [4.78, 5) is 20.7. The number of allylic oxidation sites excluding steroid dienone is 4. The maximum atomic E-state index is 9.02. The van der Waals surface area contributed by atoms with Gasteiger partial charge in [-0.05, 0) is 0 Å². The predicted octanol–water partition coefficient (Wildman–Crippen LogP) is 1.74. The Bertz CT molecular complexity index is 274. The number of rotatable bonds is 1. The van der Waals surface area contributed by atoms with Crippen molar-refractivity contribution in [3.8, 4) is 0 Å². The van der Waals surface area contributed by atoms with Crippen molar-refractivity contribution < 1.29 is 23.7 Å². The molecule has 1 aliphatic carbocycles. The van der Waals surface area contributed by atoms with Crippen LogP contribution in [-0.2, 0) is 23.7 Å². The SMILES string of the molecule is CCC1=[C-]CC=C1.O=[C]=[Fe]=[C]=O.[CH3-]. The van der Waals surface area contributed by atoms with Crippen LogP contribution < -0.4 is 0 Å². The van der Waals surface area contributed by atoms with Crippen LogP contribution in [0.15, 0.2) is 17.7 Å². The third-order valence-corrected chi connectivity index (χ3v) is 1.44. The number of hydrogen-bond acceptors (Lipinski definition) is 2. The van der Waals surface area contributed by atoms with Gasteiger partial charge in [0.05, 0.1) is 0 Å². The first-order chi connectivity index (χ1) is 5.85. The van der Waals surface area contributed by atoms with E-state index in [1.54, 1.807) is 0 Å². The molecule has 0 radical (unpaired) electrons. The molecule has 1 rings (SSSR count). The van der Waals surface area contributed by atoms with E-state index >= 15 is 0 Å². The molecule has 0 aromatic rings. The number of carbonyl (C=O) groups excluding carboxylic acids is 2. The van der Waals surface area contributed by atoms with Crippen molar-refractivity contribution in [2.75, 3.05) is 0 Å². The second-order valence-corrected chi connectivity index (χ2v) is 2.62. The van der Waals surface area contributed by atoms with E-state index in [4.69, 9.17) is 9.59 Å². The molecule has 0 aromatic carbocycles. The standard InChI is InChI=1S/C7H9.2CO.CH3.Fe/c1-2-7-5-3-4-6-7;2*1-2;;/h3,5H,2,4H2,1H3;;;1H3;/q-1;;;-1;. The molecule has 2 nitrogen and oxygen atoms in total. The molecule has 0 saturated heterocycles. The molecule has 1 aliphatic rings. The topological polar surface area (TPSA) is 34.1 Å². The maximum absolute atomic E-state index is 9.02. The second kappa shape index (κ2) is 11.2. The van der Waals surface area contributed by atoms with Gasteiger partial charge in [0, 0.05) is 0 Å². The van der Waals surface area contributed by atoms with E-state index in [9.17, 15) is 0 Å². The molecule has 0 N–H and O–H groups in total. The Morgan fingerprint density at radius 2 is 2.15 bits per heavy atom. The Balaban J connectivity index is 0. The fraction of sp³-hybridized carbons (Fsp3) is 0.300. The number of hydrogen-bond donors (Lipinski definition) is 0. The molecule has 0 aromatic heterocycles. The molecule has 3 heteroatoms. The van der Waals surface area contributed by atoms with Crippen molar-refractivity contribution in [1.29, 1.82) is 0 Å². The van der Waals surface area contributed by atoms with Crippen LogP contribution in [0, 0.1) is 13.5 Å². The van der Waals surface area contributed by atoms with E-state index < -0.39 is 0 Å². The predicted molar refractivity (Wildman–Crippen MR) is 48.6 cm³/mol. The minimum Gasteiger partial charge on any atom is -0.358 e. The van der Waals surface area contributed by atoms with Gasteiger partial charge in [0.2, 0.25) is 0 Å². The minimum atomic E-state index is -0.222. The van der Waals surface area contributed by atoms with E-state index in [0.29, 0.717) is 0 Å². The first-order valence-electron chi connectivity index (χ1n) is 3.46. The maximum Gasteiger partial charge on any atom is -0.358 e. The molecule has 0 saturated carbocycles. The molecule has 0 amide bonds. The Labute approximate surface area is 84.6 Å². The summed E-state index contributed by atoms with van der Waals surface area (Å²) in [6.07, 6.45) is 9.65. The Morgan fingerprint density at radius 3 is 2.31 bits per heavy atom. The molecule has 0 aliphatic heterocycles. The van der Waals surface area contributed by atoms with Gasteiger partial charge >= 0.3 is 33.2 Å². The third kappa shape index (κ3) is 9.07. The molecule has 0 heterocycles. The van der Waals surface area contributed by atoms with E-state index in [1.165, 1.54) is 15.1 Å². The van der Waals surface area contributed by atoms with E-state index in [1.807, 2.05) is 0 Å². The van der Waals surface area contributed by atoms with E-state index in [-0.39, 0.29) is 21.5 Å².